The van der Waals surface area contributed by atoms with Gasteiger partial charge >= 0.3 is 0 Å². The van der Waals surface area contributed by atoms with E-state index in [1.54, 1.807) is 7.11 Å². The highest BCUT2D eigenvalue weighted by Gasteiger charge is 2.32. The number of nitrogens with one attached hydrogen (secondary N) is 1. The average molecular weight is 381 g/mol. The third-order valence-electron chi connectivity index (χ3n) is 6.16. The van der Waals surface area contributed by atoms with Gasteiger partial charge in [0.15, 0.2) is 11.5 Å². The van der Waals surface area contributed by atoms with Gasteiger partial charge in [-0.3, -0.25) is 4.90 Å². The van der Waals surface area contributed by atoms with Gasteiger partial charge in [0.05, 0.1) is 7.11 Å². The standard InChI is InChI=1S/C24H32N2O2/c1-27-23-17-21(11-12-22(23)28-18-19-7-3-2-4-8-19)24(20-9-5-6-10-20)26-15-13-25-14-16-26/h2-4,7-8,11-12,17,20,24-25H,5-6,9-10,13-16,18H2,1H3/t24-/m0/s1. The number of nitrogens with zero attached hydrogens (tertiary/aromatic N) is 1. The zero-order valence-corrected chi connectivity index (χ0v) is 16.9. The van der Waals surface area contributed by atoms with Crippen molar-refractivity contribution >= 4 is 0 Å². The molecule has 2 aromatic carbocycles. The Morgan fingerprint density at radius 3 is 2.46 bits per heavy atom. The van der Waals surface area contributed by atoms with Crippen LogP contribution in [0.5, 0.6) is 11.5 Å². The van der Waals surface area contributed by atoms with Gasteiger partial charge in [0.1, 0.15) is 6.61 Å². The molecule has 1 aliphatic carbocycles. The van der Waals surface area contributed by atoms with Gasteiger partial charge in [0.25, 0.3) is 0 Å². The van der Waals surface area contributed by atoms with Gasteiger partial charge in [0.2, 0.25) is 0 Å². The van der Waals surface area contributed by atoms with Crippen molar-refractivity contribution in [3.63, 3.8) is 0 Å². The van der Waals surface area contributed by atoms with Crippen molar-refractivity contribution in [1.82, 2.24) is 10.2 Å². The molecule has 150 valence electrons. The number of hydrogen-bond acceptors (Lipinski definition) is 4. The molecule has 2 aliphatic rings. The van der Waals surface area contributed by atoms with Crippen molar-refractivity contribution in [3.8, 4) is 11.5 Å². The Hall–Kier alpha value is -2.04. The van der Waals surface area contributed by atoms with Crippen LogP contribution in [-0.2, 0) is 6.61 Å². The van der Waals surface area contributed by atoms with E-state index in [-0.39, 0.29) is 0 Å². The van der Waals surface area contributed by atoms with E-state index in [9.17, 15) is 0 Å². The van der Waals surface area contributed by atoms with Gasteiger partial charge in [-0.05, 0) is 42.0 Å². The molecule has 28 heavy (non-hydrogen) atoms. The fraction of sp³-hybridized carbons (Fsp3) is 0.500. The third-order valence-corrected chi connectivity index (χ3v) is 6.16. The van der Waals surface area contributed by atoms with E-state index in [4.69, 9.17) is 9.47 Å². The Bertz CT molecular complexity index is 738. The normalized spacial score (nSPS) is 19.5. The van der Waals surface area contributed by atoms with Crippen molar-refractivity contribution in [3.05, 3.63) is 59.7 Å². The van der Waals surface area contributed by atoms with Gasteiger partial charge in [-0.1, -0.05) is 49.2 Å². The summed E-state index contributed by atoms with van der Waals surface area (Å²) in [6.45, 7) is 4.96. The van der Waals surface area contributed by atoms with E-state index in [1.807, 2.05) is 18.2 Å². The number of hydrogen-bond donors (Lipinski definition) is 1. The maximum atomic E-state index is 6.07. The number of ether oxygens (including phenoxy) is 2. The zero-order chi connectivity index (χ0) is 19.2. The summed E-state index contributed by atoms with van der Waals surface area (Å²) in [4.78, 5) is 2.67. The number of benzene rings is 2. The molecular weight excluding hydrogens is 348 g/mol. The van der Waals surface area contributed by atoms with E-state index >= 15 is 0 Å². The molecule has 4 rings (SSSR count). The highest BCUT2D eigenvalue weighted by Crippen LogP contribution is 2.42. The molecule has 1 saturated carbocycles. The Morgan fingerprint density at radius 2 is 1.75 bits per heavy atom. The second-order valence-electron chi connectivity index (χ2n) is 7.96. The number of methoxy groups -OCH3 is 1. The molecule has 2 aromatic rings. The molecule has 1 atom stereocenters. The quantitative estimate of drug-likeness (QED) is 0.771. The fourth-order valence-corrected chi connectivity index (χ4v) is 4.74. The Morgan fingerprint density at radius 1 is 1.00 bits per heavy atom. The number of rotatable bonds is 7. The van der Waals surface area contributed by atoms with Crippen molar-refractivity contribution in [2.45, 2.75) is 38.3 Å². The first kappa shape index (κ1) is 19.3. The molecule has 0 radical (unpaired) electrons. The molecule has 2 fully saturated rings. The minimum Gasteiger partial charge on any atom is -0.493 e. The largest absolute Gasteiger partial charge is 0.493 e. The van der Waals surface area contributed by atoms with Gasteiger partial charge in [0, 0.05) is 32.2 Å². The zero-order valence-electron chi connectivity index (χ0n) is 16.9. The summed E-state index contributed by atoms with van der Waals surface area (Å²) >= 11 is 0. The van der Waals surface area contributed by atoms with Crippen LogP contribution in [0.3, 0.4) is 0 Å². The third kappa shape index (κ3) is 4.50. The smallest absolute Gasteiger partial charge is 0.161 e. The monoisotopic (exact) mass is 380 g/mol. The van der Waals surface area contributed by atoms with Crippen LogP contribution in [0, 0.1) is 5.92 Å². The molecular formula is C24H32N2O2. The van der Waals surface area contributed by atoms with Crippen LogP contribution < -0.4 is 14.8 Å². The van der Waals surface area contributed by atoms with Crippen LogP contribution >= 0.6 is 0 Å². The molecule has 0 bridgehead atoms. The van der Waals surface area contributed by atoms with Crippen molar-refractivity contribution < 1.29 is 9.47 Å². The second kappa shape index (κ2) is 9.44. The highest BCUT2D eigenvalue weighted by molar-refractivity contribution is 5.44. The lowest BCUT2D eigenvalue weighted by Crippen LogP contribution is -2.46. The Balaban J connectivity index is 1.54. The fourth-order valence-electron chi connectivity index (χ4n) is 4.74. The van der Waals surface area contributed by atoms with Crippen molar-refractivity contribution in [1.29, 1.82) is 0 Å². The van der Waals surface area contributed by atoms with Crippen molar-refractivity contribution in [2.75, 3.05) is 33.3 Å². The van der Waals surface area contributed by atoms with Gasteiger partial charge in [-0.15, -0.1) is 0 Å². The van der Waals surface area contributed by atoms with Crippen LogP contribution in [-0.4, -0.2) is 38.2 Å². The van der Waals surface area contributed by atoms with Gasteiger partial charge in [-0.2, -0.15) is 0 Å². The van der Waals surface area contributed by atoms with Crippen molar-refractivity contribution in [2.24, 2.45) is 5.92 Å². The Labute approximate surface area is 168 Å². The van der Waals surface area contributed by atoms with E-state index in [1.165, 1.54) is 36.8 Å². The molecule has 0 amide bonds. The summed E-state index contributed by atoms with van der Waals surface area (Å²) in [5.74, 6) is 2.41. The summed E-state index contributed by atoms with van der Waals surface area (Å²) in [5.41, 5.74) is 2.54. The second-order valence-corrected chi connectivity index (χ2v) is 7.96. The van der Waals surface area contributed by atoms with E-state index in [0.717, 1.165) is 43.6 Å². The minimum absolute atomic E-state index is 0.488. The molecule has 1 aliphatic heterocycles. The highest BCUT2D eigenvalue weighted by atomic mass is 16.5. The summed E-state index contributed by atoms with van der Waals surface area (Å²) in [7, 11) is 1.74. The molecule has 1 saturated heterocycles. The van der Waals surface area contributed by atoms with E-state index in [2.05, 4.69) is 40.5 Å². The average Bonchev–Trinajstić information content (AvgIpc) is 3.28. The maximum Gasteiger partial charge on any atom is 0.161 e. The lowest BCUT2D eigenvalue weighted by atomic mass is 9.89. The molecule has 1 N–H and O–H groups in total. The maximum absolute atomic E-state index is 6.07. The summed E-state index contributed by atoms with van der Waals surface area (Å²) in [6, 6.07) is 17.3. The first-order valence-corrected chi connectivity index (χ1v) is 10.6. The lowest BCUT2D eigenvalue weighted by molar-refractivity contribution is 0.125. The molecule has 4 heteroatoms. The van der Waals surface area contributed by atoms with Crippen LogP contribution in [0.25, 0.3) is 0 Å². The van der Waals surface area contributed by atoms with E-state index < -0.39 is 0 Å². The van der Waals surface area contributed by atoms with Crippen LogP contribution in [0.15, 0.2) is 48.5 Å². The first-order valence-electron chi connectivity index (χ1n) is 10.6. The molecule has 0 aromatic heterocycles. The summed E-state index contributed by atoms with van der Waals surface area (Å²) in [5, 5.41) is 3.49. The molecule has 1 heterocycles. The van der Waals surface area contributed by atoms with Crippen LogP contribution in [0.4, 0.5) is 0 Å². The van der Waals surface area contributed by atoms with Crippen LogP contribution in [0.2, 0.25) is 0 Å². The van der Waals surface area contributed by atoms with Gasteiger partial charge < -0.3 is 14.8 Å². The van der Waals surface area contributed by atoms with Gasteiger partial charge in [-0.25, -0.2) is 0 Å². The molecule has 4 nitrogen and oxygen atoms in total. The first-order chi connectivity index (χ1) is 13.8. The number of piperazine rings is 1. The van der Waals surface area contributed by atoms with E-state index in [0.29, 0.717) is 12.6 Å². The molecule has 0 spiro atoms. The Kier molecular flexibility index (Phi) is 6.50. The van der Waals surface area contributed by atoms with Crippen LogP contribution in [0.1, 0.15) is 42.9 Å². The summed E-state index contributed by atoms with van der Waals surface area (Å²) in [6.07, 6.45) is 5.40. The predicted octanol–water partition coefficient (Wildman–Crippen LogP) is 4.41. The predicted molar refractivity (Wildman–Crippen MR) is 113 cm³/mol. The SMILES string of the molecule is COc1cc([C@H](C2CCCC2)N2CCNCC2)ccc1OCc1ccccc1. The lowest BCUT2D eigenvalue weighted by Gasteiger charge is -2.38. The minimum atomic E-state index is 0.488. The summed E-state index contributed by atoms with van der Waals surface area (Å²) < 4.78 is 11.8. The molecule has 0 unspecified atom stereocenters. The topological polar surface area (TPSA) is 33.7 Å².